The maximum atomic E-state index is 6.51. The molecule has 2 nitrogen and oxygen atoms in total. The molecule has 2 heterocycles. The normalized spacial score (nSPS) is 11.7. The predicted octanol–water partition coefficient (Wildman–Crippen LogP) is 13.9. The Bertz CT molecular complexity index is 2810. The van der Waals surface area contributed by atoms with Gasteiger partial charge in [0.15, 0.2) is 0 Å². The van der Waals surface area contributed by atoms with E-state index in [1.54, 1.807) is 0 Å². The summed E-state index contributed by atoms with van der Waals surface area (Å²) in [7, 11) is 0. The van der Waals surface area contributed by atoms with Crippen LogP contribution in [0.5, 0.6) is 0 Å². The lowest BCUT2D eigenvalue weighted by Gasteiger charge is -2.26. The van der Waals surface area contributed by atoms with E-state index in [4.69, 9.17) is 4.42 Å². The smallest absolute Gasteiger partial charge is 0.136 e. The van der Waals surface area contributed by atoms with E-state index < -0.39 is 0 Å². The third-order valence-corrected chi connectivity index (χ3v) is 10.8. The molecule has 0 amide bonds. The second-order valence-corrected chi connectivity index (χ2v) is 13.6. The monoisotopic (exact) mass is 643 g/mol. The quantitative estimate of drug-likeness (QED) is 0.186. The molecule has 10 aromatic rings. The Labute approximate surface area is 287 Å². The van der Waals surface area contributed by atoms with Crippen molar-refractivity contribution in [3.8, 4) is 22.3 Å². The van der Waals surface area contributed by atoms with Crippen molar-refractivity contribution in [3.63, 3.8) is 0 Å². The average Bonchev–Trinajstić information content (AvgIpc) is 3.74. The van der Waals surface area contributed by atoms with Crippen molar-refractivity contribution in [2.24, 2.45) is 0 Å². The van der Waals surface area contributed by atoms with Crippen LogP contribution in [0.15, 0.2) is 180 Å². The summed E-state index contributed by atoms with van der Waals surface area (Å²) in [5, 5.41) is 7.24. The fourth-order valence-corrected chi connectivity index (χ4v) is 8.41. The molecule has 230 valence electrons. The molecule has 0 aliphatic rings. The lowest BCUT2D eigenvalue weighted by atomic mass is 10.00. The average molecular weight is 644 g/mol. The summed E-state index contributed by atoms with van der Waals surface area (Å²) in [5.74, 6) is 0. The molecule has 3 heteroatoms. The second kappa shape index (κ2) is 11.2. The van der Waals surface area contributed by atoms with Gasteiger partial charge in [-0.05, 0) is 93.7 Å². The molecule has 49 heavy (non-hydrogen) atoms. The minimum atomic E-state index is 0.898. The zero-order valence-corrected chi connectivity index (χ0v) is 27.3. The van der Waals surface area contributed by atoms with Crippen molar-refractivity contribution in [2.75, 3.05) is 4.90 Å². The van der Waals surface area contributed by atoms with Gasteiger partial charge < -0.3 is 9.32 Å². The highest BCUT2D eigenvalue weighted by Gasteiger charge is 2.18. The van der Waals surface area contributed by atoms with E-state index in [0.29, 0.717) is 0 Å². The fourth-order valence-electron chi connectivity index (χ4n) is 7.27. The molecule has 0 spiro atoms. The van der Waals surface area contributed by atoms with Crippen LogP contribution < -0.4 is 4.90 Å². The van der Waals surface area contributed by atoms with E-state index in [1.165, 1.54) is 47.6 Å². The number of hydrogen-bond acceptors (Lipinski definition) is 3. The molecule has 0 saturated heterocycles. The fraction of sp³-hybridized carbons (Fsp3) is 0. The van der Waals surface area contributed by atoms with Crippen molar-refractivity contribution in [1.82, 2.24) is 0 Å². The minimum Gasteiger partial charge on any atom is -0.456 e. The van der Waals surface area contributed by atoms with Crippen LogP contribution in [0.4, 0.5) is 17.1 Å². The standard InChI is InChI=1S/C46H29NOS/c1-3-9-30(10-4-1)32-15-20-35(21-16-32)47(37-23-25-39-38-13-7-8-14-44(38)49-45(39)29-37)36-22-17-33-19-26-42-46(41(33)28-36)40-24-18-34(27-43(40)48-42)31-11-5-2-6-12-31/h1-29H. The van der Waals surface area contributed by atoms with Gasteiger partial charge in [0.25, 0.3) is 0 Å². The maximum absolute atomic E-state index is 6.51. The topological polar surface area (TPSA) is 16.4 Å². The molecule has 10 rings (SSSR count). The van der Waals surface area contributed by atoms with Gasteiger partial charge in [0.1, 0.15) is 11.2 Å². The highest BCUT2D eigenvalue weighted by atomic mass is 32.1. The third-order valence-electron chi connectivity index (χ3n) is 9.66. The number of hydrogen-bond donors (Lipinski definition) is 0. The van der Waals surface area contributed by atoms with Crippen molar-refractivity contribution >= 4 is 81.3 Å². The largest absolute Gasteiger partial charge is 0.456 e. The van der Waals surface area contributed by atoms with Gasteiger partial charge in [0.05, 0.1) is 0 Å². The molecule has 0 aliphatic carbocycles. The number of nitrogens with zero attached hydrogens (tertiary/aromatic N) is 1. The summed E-state index contributed by atoms with van der Waals surface area (Å²) in [6.45, 7) is 0. The van der Waals surface area contributed by atoms with Crippen molar-refractivity contribution in [3.05, 3.63) is 176 Å². The van der Waals surface area contributed by atoms with Crippen LogP contribution in [0, 0.1) is 0 Å². The summed E-state index contributed by atoms with van der Waals surface area (Å²) in [5.41, 5.74) is 9.88. The van der Waals surface area contributed by atoms with E-state index in [1.807, 2.05) is 11.3 Å². The number of benzene rings is 8. The van der Waals surface area contributed by atoms with Gasteiger partial charge in [-0.15, -0.1) is 11.3 Å². The highest BCUT2D eigenvalue weighted by molar-refractivity contribution is 7.25. The molecule has 0 atom stereocenters. The van der Waals surface area contributed by atoms with Gasteiger partial charge in [-0.25, -0.2) is 0 Å². The van der Waals surface area contributed by atoms with Crippen LogP contribution in [0.3, 0.4) is 0 Å². The van der Waals surface area contributed by atoms with Gasteiger partial charge in [-0.2, -0.15) is 0 Å². The van der Waals surface area contributed by atoms with Crippen molar-refractivity contribution in [2.45, 2.75) is 0 Å². The number of rotatable bonds is 5. The molecule has 0 fully saturated rings. The summed E-state index contributed by atoms with van der Waals surface area (Å²) < 4.78 is 9.10. The summed E-state index contributed by atoms with van der Waals surface area (Å²) >= 11 is 1.85. The van der Waals surface area contributed by atoms with Crippen molar-refractivity contribution < 1.29 is 4.42 Å². The molecule has 0 bridgehead atoms. The first-order chi connectivity index (χ1) is 24.3. The SMILES string of the molecule is c1ccc(-c2ccc(N(c3ccc4c(c3)sc3ccccc34)c3ccc4ccc5oc6cc(-c7ccccc7)ccc6c5c4c3)cc2)cc1. The molecule has 0 radical (unpaired) electrons. The molecule has 2 aromatic heterocycles. The Balaban J connectivity index is 1.16. The van der Waals surface area contributed by atoms with E-state index >= 15 is 0 Å². The minimum absolute atomic E-state index is 0.898. The van der Waals surface area contributed by atoms with Gasteiger partial charge in [0, 0.05) is 48.0 Å². The van der Waals surface area contributed by atoms with Gasteiger partial charge in [0.2, 0.25) is 0 Å². The van der Waals surface area contributed by atoms with Crippen LogP contribution in [0.25, 0.3) is 75.1 Å². The van der Waals surface area contributed by atoms with Crippen LogP contribution in [-0.2, 0) is 0 Å². The third kappa shape index (κ3) is 4.70. The maximum Gasteiger partial charge on any atom is 0.136 e. The highest BCUT2D eigenvalue weighted by Crippen LogP contribution is 2.43. The Kier molecular flexibility index (Phi) is 6.39. The lowest BCUT2D eigenvalue weighted by molar-refractivity contribution is 0.669. The molecular weight excluding hydrogens is 615 g/mol. The van der Waals surface area contributed by atoms with E-state index in [-0.39, 0.29) is 0 Å². The second-order valence-electron chi connectivity index (χ2n) is 12.6. The first kappa shape index (κ1) is 27.9. The van der Waals surface area contributed by atoms with E-state index in [2.05, 4.69) is 181 Å². The Morgan fingerprint density at radius 2 is 0.959 bits per heavy atom. The van der Waals surface area contributed by atoms with Crippen LogP contribution in [0.1, 0.15) is 0 Å². The van der Waals surface area contributed by atoms with Crippen LogP contribution >= 0.6 is 11.3 Å². The van der Waals surface area contributed by atoms with Crippen LogP contribution in [-0.4, -0.2) is 0 Å². The molecule has 0 saturated carbocycles. The van der Waals surface area contributed by atoms with Gasteiger partial charge in [-0.3, -0.25) is 0 Å². The number of furan rings is 1. The van der Waals surface area contributed by atoms with Crippen molar-refractivity contribution in [1.29, 1.82) is 0 Å². The molecule has 0 N–H and O–H groups in total. The summed E-state index contributed by atoms with van der Waals surface area (Å²) in [6.07, 6.45) is 0. The number of anilines is 3. The molecule has 8 aromatic carbocycles. The summed E-state index contributed by atoms with van der Waals surface area (Å²) in [4.78, 5) is 2.38. The Morgan fingerprint density at radius 3 is 1.78 bits per heavy atom. The molecule has 0 unspecified atom stereocenters. The van der Waals surface area contributed by atoms with E-state index in [0.717, 1.165) is 44.6 Å². The first-order valence-corrected chi connectivity index (χ1v) is 17.4. The van der Waals surface area contributed by atoms with Gasteiger partial charge >= 0.3 is 0 Å². The van der Waals surface area contributed by atoms with Crippen LogP contribution in [0.2, 0.25) is 0 Å². The number of thiophene rings is 1. The lowest BCUT2D eigenvalue weighted by Crippen LogP contribution is -2.09. The molecule has 0 aliphatic heterocycles. The van der Waals surface area contributed by atoms with E-state index in [9.17, 15) is 0 Å². The molecular formula is C46H29NOS. The first-order valence-electron chi connectivity index (χ1n) is 16.6. The Hall–Kier alpha value is -6.16. The zero-order chi connectivity index (χ0) is 32.3. The number of fused-ring (bicyclic) bond motifs is 8. The van der Waals surface area contributed by atoms with Gasteiger partial charge in [-0.1, -0.05) is 115 Å². The summed E-state index contributed by atoms with van der Waals surface area (Å²) in [6, 6.07) is 63.2. The predicted molar refractivity (Wildman–Crippen MR) is 210 cm³/mol. The zero-order valence-electron chi connectivity index (χ0n) is 26.5. The Morgan fingerprint density at radius 1 is 0.367 bits per heavy atom.